The Morgan fingerprint density at radius 2 is 1.30 bits per heavy atom. The lowest BCUT2D eigenvalue weighted by atomic mass is 10.1. The van der Waals surface area contributed by atoms with E-state index in [1.807, 2.05) is 26.0 Å². The van der Waals surface area contributed by atoms with Gasteiger partial charge in [0.2, 0.25) is 0 Å². The first kappa shape index (κ1) is 27.5. The summed E-state index contributed by atoms with van der Waals surface area (Å²) >= 11 is 0. The second-order valence-corrected chi connectivity index (χ2v) is 8.97. The van der Waals surface area contributed by atoms with Crippen LogP contribution in [-0.4, -0.2) is 23.7 Å². The van der Waals surface area contributed by atoms with Gasteiger partial charge in [0.1, 0.15) is 5.75 Å². The summed E-state index contributed by atoms with van der Waals surface area (Å²) in [5.74, 6) is -1.61. The molecule has 0 fully saturated rings. The summed E-state index contributed by atoms with van der Waals surface area (Å²) < 4.78 is 5.52. The molecule has 0 aliphatic rings. The van der Waals surface area contributed by atoms with E-state index in [1.54, 1.807) is 72.8 Å². The number of amides is 3. The Labute approximate surface area is 231 Å². The molecule has 0 saturated heterocycles. The van der Waals surface area contributed by atoms with E-state index in [0.29, 0.717) is 22.4 Å². The summed E-state index contributed by atoms with van der Waals surface area (Å²) in [6.07, 6.45) is 2.69. The van der Waals surface area contributed by atoms with Crippen molar-refractivity contribution in [2.24, 2.45) is 0 Å². The van der Waals surface area contributed by atoms with Crippen LogP contribution in [-0.2, 0) is 4.79 Å². The van der Waals surface area contributed by atoms with Crippen molar-refractivity contribution < 1.29 is 23.9 Å². The number of carbonyl (C=O) groups is 4. The molecule has 8 heteroatoms. The van der Waals surface area contributed by atoms with Crippen LogP contribution in [0.3, 0.4) is 0 Å². The molecule has 0 unspecified atom stereocenters. The number of hydrogen-bond donors (Lipinski definition) is 3. The highest BCUT2D eigenvalue weighted by molar-refractivity contribution is 6.05. The molecule has 4 aromatic rings. The molecule has 0 heterocycles. The van der Waals surface area contributed by atoms with Crippen molar-refractivity contribution in [1.29, 1.82) is 0 Å². The first-order chi connectivity index (χ1) is 19.3. The third-order valence-corrected chi connectivity index (χ3v) is 5.77. The summed E-state index contributed by atoms with van der Waals surface area (Å²) in [6, 6.07) is 27.3. The number of anilines is 1. The van der Waals surface area contributed by atoms with E-state index in [2.05, 4.69) is 16.2 Å². The topological polar surface area (TPSA) is 114 Å². The fraction of sp³-hybridized carbons (Fsp3) is 0.0625. The molecule has 0 spiro atoms. The number of hydrazine groups is 1. The second kappa shape index (κ2) is 12.8. The average Bonchev–Trinajstić information content (AvgIpc) is 2.95. The molecule has 0 aromatic heterocycles. The van der Waals surface area contributed by atoms with Gasteiger partial charge >= 0.3 is 5.97 Å². The Kier molecular flexibility index (Phi) is 8.84. The smallest absolute Gasteiger partial charge is 0.343 e. The zero-order valence-corrected chi connectivity index (χ0v) is 21.9. The van der Waals surface area contributed by atoms with Gasteiger partial charge in [0, 0.05) is 28.5 Å². The highest BCUT2D eigenvalue weighted by Gasteiger charge is 2.12. The van der Waals surface area contributed by atoms with Crippen LogP contribution in [0.1, 0.15) is 47.8 Å². The van der Waals surface area contributed by atoms with Crippen molar-refractivity contribution in [3.63, 3.8) is 0 Å². The lowest BCUT2D eigenvalue weighted by Crippen LogP contribution is -2.40. The fourth-order valence-electron chi connectivity index (χ4n) is 3.73. The molecule has 0 saturated carbocycles. The highest BCUT2D eigenvalue weighted by atomic mass is 16.5. The van der Waals surface area contributed by atoms with Gasteiger partial charge < -0.3 is 10.1 Å². The lowest BCUT2D eigenvalue weighted by molar-refractivity contribution is -0.117. The minimum absolute atomic E-state index is 0.258. The minimum atomic E-state index is -0.588. The van der Waals surface area contributed by atoms with E-state index >= 15 is 0 Å². The van der Waals surface area contributed by atoms with E-state index in [0.717, 1.165) is 11.1 Å². The zero-order chi connectivity index (χ0) is 28.5. The minimum Gasteiger partial charge on any atom is -0.422 e. The lowest BCUT2D eigenvalue weighted by Gasteiger charge is -2.09. The van der Waals surface area contributed by atoms with E-state index in [4.69, 9.17) is 4.74 Å². The van der Waals surface area contributed by atoms with Crippen LogP contribution in [0.15, 0.2) is 103 Å². The molecule has 3 amide bonds. The van der Waals surface area contributed by atoms with Crippen molar-refractivity contribution in [3.05, 3.63) is 137 Å². The molecule has 0 radical (unpaired) electrons. The van der Waals surface area contributed by atoms with Crippen LogP contribution in [0, 0.1) is 13.8 Å². The second-order valence-electron chi connectivity index (χ2n) is 8.97. The monoisotopic (exact) mass is 533 g/mol. The molecule has 0 aliphatic heterocycles. The van der Waals surface area contributed by atoms with Gasteiger partial charge in [0.05, 0.1) is 5.56 Å². The summed E-state index contributed by atoms with van der Waals surface area (Å²) in [5.41, 5.74) is 8.83. The van der Waals surface area contributed by atoms with Gasteiger partial charge in [0.15, 0.2) is 0 Å². The van der Waals surface area contributed by atoms with Crippen LogP contribution in [0.25, 0.3) is 6.08 Å². The Morgan fingerprint density at radius 3 is 2.00 bits per heavy atom. The normalized spacial score (nSPS) is 10.6. The molecule has 0 aliphatic carbocycles. The Hall–Kier alpha value is -5.50. The van der Waals surface area contributed by atoms with Crippen LogP contribution >= 0.6 is 0 Å². The van der Waals surface area contributed by atoms with E-state index in [9.17, 15) is 19.2 Å². The first-order valence-electron chi connectivity index (χ1n) is 12.4. The molecule has 200 valence electrons. The van der Waals surface area contributed by atoms with Crippen LogP contribution in [0.2, 0.25) is 0 Å². The van der Waals surface area contributed by atoms with Crippen LogP contribution < -0.4 is 20.9 Å². The molecule has 0 atom stereocenters. The number of ether oxygens (including phenoxy) is 1. The Balaban J connectivity index is 1.30. The van der Waals surface area contributed by atoms with Gasteiger partial charge in [-0.05, 0) is 74.5 Å². The molecular formula is C32H27N3O5. The number of hydrogen-bond acceptors (Lipinski definition) is 5. The fourth-order valence-corrected chi connectivity index (χ4v) is 3.73. The molecule has 4 rings (SSSR count). The van der Waals surface area contributed by atoms with Crippen molar-refractivity contribution in [2.45, 2.75) is 13.8 Å². The Morgan fingerprint density at radius 1 is 0.650 bits per heavy atom. The molecular weight excluding hydrogens is 506 g/mol. The number of nitrogens with one attached hydrogen (secondary N) is 3. The summed E-state index contributed by atoms with van der Waals surface area (Å²) in [7, 11) is 0. The molecule has 8 nitrogen and oxygen atoms in total. The van der Waals surface area contributed by atoms with E-state index in [1.165, 1.54) is 24.3 Å². The summed E-state index contributed by atoms with van der Waals surface area (Å²) in [4.78, 5) is 49.7. The third kappa shape index (κ3) is 7.52. The van der Waals surface area contributed by atoms with Crippen molar-refractivity contribution in [3.8, 4) is 5.75 Å². The van der Waals surface area contributed by atoms with Crippen molar-refractivity contribution in [2.75, 3.05) is 5.32 Å². The molecule has 40 heavy (non-hydrogen) atoms. The number of para-hydroxylation sites is 1. The molecule has 3 N–H and O–H groups in total. The number of aryl methyl sites for hydroxylation is 2. The average molecular weight is 534 g/mol. The van der Waals surface area contributed by atoms with Gasteiger partial charge in [-0.15, -0.1) is 0 Å². The first-order valence-corrected chi connectivity index (χ1v) is 12.4. The highest BCUT2D eigenvalue weighted by Crippen LogP contribution is 2.21. The maximum Gasteiger partial charge on any atom is 0.343 e. The third-order valence-electron chi connectivity index (χ3n) is 5.77. The zero-order valence-electron chi connectivity index (χ0n) is 21.9. The Bertz CT molecular complexity index is 1590. The number of rotatable bonds is 7. The van der Waals surface area contributed by atoms with Gasteiger partial charge in [-0.25, -0.2) is 4.79 Å². The molecule has 0 bridgehead atoms. The van der Waals surface area contributed by atoms with Crippen molar-refractivity contribution in [1.82, 2.24) is 10.9 Å². The number of benzene rings is 4. The van der Waals surface area contributed by atoms with Crippen LogP contribution in [0.4, 0.5) is 5.69 Å². The molecule has 4 aromatic carbocycles. The number of esters is 1. The van der Waals surface area contributed by atoms with Gasteiger partial charge in [-0.1, -0.05) is 53.6 Å². The summed E-state index contributed by atoms with van der Waals surface area (Å²) in [6.45, 7) is 3.79. The maximum absolute atomic E-state index is 12.5. The predicted octanol–water partition coefficient (Wildman–Crippen LogP) is 5.25. The van der Waals surface area contributed by atoms with Gasteiger partial charge in [-0.3, -0.25) is 25.2 Å². The van der Waals surface area contributed by atoms with Gasteiger partial charge in [-0.2, -0.15) is 0 Å². The van der Waals surface area contributed by atoms with E-state index in [-0.39, 0.29) is 17.2 Å². The van der Waals surface area contributed by atoms with Crippen LogP contribution in [0.5, 0.6) is 5.75 Å². The number of carbonyl (C=O) groups excluding carboxylic acids is 4. The predicted molar refractivity (Wildman–Crippen MR) is 153 cm³/mol. The maximum atomic E-state index is 12.5. The quantitative estimate of drug-likeness (QED) is 0.130. The SMILES string of the molecule is Cc1cccc(C(=O)Nc2ccc(C(=O)NNC(=O)/C=C/c3ccccc3OC(=O)c3cccc(C)c3)cc2)c1. The summed E-state index contributed by atoms with van der Waals surface area (Å²) in [5, 5.41) is 2.78. The van der Waals surface area contributed by atoms with Gasteiger partial charge in [0.25, 0.3) is 17.7 Å². The van der Waals surface area contributed by atoms with Crippen molar-refractivity contribution >= 4 is 35.5 Å². The van der Waals surface area contributed by atoms with E-state index < -0.39 is 17.8 Å². The largest absolute Gasteiger partial charge is 0.422 e. The standard InChI is InChI=1S/C32H27N3O5/c1-21-7-5-10-25(19-21)30(37)33-27-16-13-24(14-17-27)31(38)35-34-29(36)18-15-23-9-3-4-12-28(23)40-32(39)26-11-6-8-22(2)20-26/h3-20H,1-2H3,(H,33,37)(H,34,36)(H,35,38)/b18-15+.